The number of aryl methyl sites for hydroxylation is 1. The van der Waals surface area contributed by atoms with Crippen molar-refractivity contribution in [1.29, 1.82) is 0 Å². The molecular weight excluding hydrogens is 260 g/mol. The van der Waals surface area contributed by atoms with Crippen LogP contribution in [0.2, 0.25) is 0 Å². The van der Waals surface area contributed by atoms with Gasteiger partial charge >= 0.3 is 0 Å². The molecule has 21 heavy (non-hydrogen) atoms. The zero-order valence-corrected chi connectivity index (χ0v) is 12.6. The number of nitrogens with one attached hydrogen (secondary N) is 1. The van der Waals surface area contributed by atoms with E-state index in [0.29, 0.717) is 13.0 Å². The summed E-state index contributed by atoms with van der Waals surface area (Å²) >= 11 is 0. The van der Waals surface area contributed by atoms with Crippen LogP contribution >= 0.6 is 0 Å². The molecule has 0 aliphatic rings. The molecule has 2 rings (SSSR count). The van der Waals surface area contributed by atoms with E-state index < -0.39 is 5.54 Å². The first-order valence-corrected chi connectivity index (χ1v) is 7.16. The summed E-state index contributed by atoms with van der Waals surface area (Å²) in [5.41, 5.74) is 8.54. The van der Waals surface area contributed by atoms with Gasteiger partial charge in [0.25, 0.3) is 0 Å². The fourth-order valence-corrected chi connectivity index (χ4v) is 2.41. The van der Waals surface area contributed by atoms with Crippen LogP contribution in [0.5, 0.6) is 0 Å². The maximum atomic E-state index is 12.3. The molecular formula is C18H22N2O. The van der Waals surface area contributed by atoms with Crippen molar-refractivity contribution in [3.05, 3.63) is 71.3 Å². The van der Waals surface area contributed by atoms with Crippen LogP contribution in [-0.4, -0.2) is 12.5 Å². The summed E-state index contributed by atoms with van der Waals surface area (Å²) in [6.45, 7) is 4.34. The molecule has 0 fully saturated rings. The molecule has 1 atom stereocenters. The molecule has 0 heterocycles. The highest BCUT2D eigenvalue weighted by atomic mass is 16.1. The van der Waals surface area contributed by atoms with Gasteiger partial charge in [-0.15, -0.1) is 0 Å². The highest BCUT2D eigenvalue weighted by Gasteiger charge is 2.26. The molecule has 0 spiro atoms. The van der Waals surface area contributed by atoms with Crippen LogP contribution in [0, 0.1) is 6.92 Å². The van der Waals surface area contributed by atoms with Gasteiger partial charge in [-0.2, -0.15) is 0 Å². The summed E-state index contributed by atoms with van der Waals surface area (Å²) in [7, 11) is 0. The Balaban J connectivity index is 2.10. The van der Waals surface area contributed by atoms with E-state index in [2.05, 4.69) is 5.32 Å². The lowest BCUT2D eigenvalue weighted by atomic mass is 9.91. The molecule has 1 amide bonds. The van der Waals surface area contributed by atoms with Crippen LogP contribution in [0.25, 0.3) is 0 Å². The predicted octanol–water partition coefficient (Wildman–Crippen LogP) is 2.53. The first-order valence-electron chi connectivity index (χ1n) is 7.16. The molecule has 110 valence electrons. The van der Waals surface area contributed by atoms with Crippen LogP contribution in [0.15, 0.2) is 54.6 Å². The molecule has 0 aliphatic heterocycles. The monoisotopic (exact) mass is 282 g/mol. The minimum atomic E-state index is -0.540. The summed E-state index contributed by atoms with van der Waals surface area (Å²) in [6.07, 6.45) is 0.365. The van der Waals surface area contributed by atoms with Crippen LogP contribution in [-0.2, 0) is 16.8 Å². The second-order valence-electron chi connectivity index (χ2n) is 5.62. The van der Waals surface area contributed by atoms with Crippen LogP contribution in [0.4, 0.5) is 0 Å². The van der Waals surface area contributed by atoms with Crippen molar-refractivity contribution in [3.63, 3.8) is 0 Å². The maximum absolute atomic E-state index is 12.3. The molecule has 1 unspecified atom stereocenters. The third-order valence-electron chi connectivity index (χ3n) is 3.68. The van der Waals surface area contributed by atoms with Gasteiger partial charge in [0.15, 0.2) is 0 Å². The summed E-state index contributed by atoms with van der Waals surface area (Å²) in [6, 6.07) is 17.8. The minimum absolute atomic E-state index is 0.0163. The Bertz CT molecular complexity index is 610. The number of hydrogen-bond acceptors (Lipinski definition) is 2. The van der Waals surface area contributed by atoms with Gasteiger partial charge < -0.3 is 11.1 Å². The number of benzene rings is 2. The van der Waals surface area contributed by atoms with E-state index in [4.69, 9.17) is 5.73 Å². The van der Waals surface area contributed by atoms with Crippen molar-refractivity contribution >= 4 is 5.91 Å². The van der Waals surface area contributed by atoms with Crippen molar-refractivity contribution < 1.29 is 4.79 Å². The van der Waals surface area contributed by atoms with Crippen molar-refractivity contribution in [2.45, 2.75) is 25.8 Å². The molecule has 0 radical (unpaired) electrons. The Morgan fingerprint density at radius 1 is 1.14 bits per heavy atom. The SMILES string of the molecule is Cc1cccc(CC(=O)NC(C)(CN)c2ccccc2)c1. The van der Waals surface area contributed by atoms with Gasteiger partial charge in [0.05, 0.1) is 12.0 Å². The van der Waals surface area contributed by atoms with Crippen LogP contribution in [0.3, 0.4) is 0 Å². The molecule has 3 nitrogen and oxygen atoms in total. The predicted molar refractivity (Wildman–Crippen MR) is 85.9 cm³/mol. The molecule has 0 bridgehead atoms. The Morgan fingerprint density at radius 3 is 2.48 bits per heavy atom. The molecule has 2 aromatic rings. The highest BCUT2D eigenvalue weighted by Crippen LogP contribution is 2.19. The molecule has 2 aromatic carbocycles. The van der Waals surface area contributed by atoms with E-state index in [9.17, 15) is 4.79 Å². The summed E-state index contributed by atoms with van der Waals surface area (Å²) in [5.74, 6) is -0.0163. The maximum Gasteiger partial charge on any atom is 0.225 e. The second kappa shape index (κ2) is 6.55. The van der Waals surface area contributed by atoms with Crippen LogP contribution < -0.4 is 11.1 Å². The topological polar surface area (TPSA) is 55.1 Å². The second-order valence-corrected chi connectivity index (χ2v) is 5.62. The lowest BCUT2D eigenvalue weighted by Crippen LogP contribution is -2.49. The zero-order chi connectivity index (χ0) is 15.3. The molecule has 0 aromatic heterocycles. The smallest absolute Gasteiger partial charge is 0.225 e. The Kier molecular flexibility index (Phi) is 4.76. The first-order chi connectivity index (χ1) is 10.0. The van der Waals surface area contributed by atoms with Crippen molar-refractivity contribution in [2.24, 2.45) is 5.73 Å². The number of carbonyl (C=O) groups excluding carboxylic acids is 1. The fourth-order valence-electron chi connectivity index (χ4n) is 2.41. The van der Waals surface area contributed by atoms with Crippen molar-refractivity contribution in [3.8, 4) is 0 Å². The third kappa shape index (κ3) is 3.92. The first kappa shape index (κ1) is 15.3. The van der Waals surface area contributed by atoms with Gasteiger partial charge in [-0.05, 0) is 25.0 Å². The number of nitrogens with two attached hydrogens (primary N) is 1. The van der Waals surface area contributed by atoms with Crippen LogP contribution in [0.1, 0.15) is 23.6 Å². The zero-order valence-electron chi connectivity index (χ0n) is 12.6. The number of amides is 1. The third-order valence-corrected chi connectivity index (χ3v) is 3.68. The average molecular weight is 282 g/mol. The standard InChI is InChI=1S/C18H22N2O/c1-14-7-6-8-15(11-14)12-17(21)20-18(2,13-19)16-9-4-3-5-10-16/h3-11H,12-13,19H2,1-2H3,(H,20,21). The quantitative estimate of drug-likeness (QED) is 0.885. The van der Waals surface area contributed by atoms with Gasteiger partial charge in [0.2, 0.25) is 5.91 Å². The molecule has 3 N–H and O–H groups in total. The van der Waals surface area contributed by atoms with Gasteiger partial charge in [-0.25, -0.2) is 0 Å². The van der Waals surface area contributed by atoms with Gasteiger partial charge in [0.1, 0.15) is 0 Å². The summed E-state index contributed by atoms with van der Waals surface area (Å²) in [4.78, 5) is 12.3. The van der Waals surface area contributed by atoms with E-state index >= 15 is 0 Å². The lowest BCUT2D eigenvalue weighted by molar-refractivity contribution is -0.122. The Labute approximate surface area is 126 Å². The molecule has 3 heteroatoms. The lowest BCUT2D eigenvalue weighted by Gasteiger charge is -2.30. The average Bonchev–Trinajstić information content (AvgIpc) is 2.48. The fraction of sp³-hybridized carbons (Fsp3) is 0.278. The van der Waals surface area contributed by atoms with E-state index in [1.807, 2.05) is 68.4 Å². The number of hydrogen-bond donors (Lipinski definition) is 2. The molecule has 0 saturated heterocycles. The highest BCUT2D eigenvalue weighted by molar-refractivity contribution is 5.79. The summed E-state index contributed by atoms with van der Waals surface area (Å²) in [5, 5.41) is 3.06. The minimum Gasteiger partial charge on any atom is -0.345 e. The Hall–Kier alpha value is -2.13. The largest absolute Gasteiger partial charge is 0.345 e. The van der Waals surface area contributed by atoms with E-state index in [0.717, 1.165) is 16.7 Å². The normalized spacial score (nSPS) is 13.5. The van der Waals surface area contributed by atoms with E-state index in [1.54, 1.807) is 0 Å². The van der Waals surface area contributed by atoms with Gasteiger partial charge in [-0.3, -0.25) is 4.79 Å². The van der Waals surface area contributed by atoms with Gasteiger partial charge in [-0.1, -0.05) is 60.2 Å². The summed E-state index contributed by atoms with van der Waals surface area (Å²) < 4.78 is 0. The van der Waals surface area contributed by atoms with Crippen molar-refractivity contribution in [2.75, 3.05) is 6.54 Å². The van der Waals surface area contributed by atoms with Gasteiger partial charge in [0, 0.05) is 6.54 Å². The molecule has 0 saturated carbocycles. The van der Waals surface area contributed by atoms with E-state index in [1.165, 1.54) is 0 Å². The van der Waals surface area contributed by atoms with E-state index in [-0.39, 0.29) is 5.91 Å². The number of carbonyl (C=O) groups is 1. The van der Waals surface area contributed by atoms with Crippen molar-refractivity contribution in [1.82, 2.24) is 5.32 Å². The number of rotatable bonds is 5. The Morgan fingerprint density at radius 2 is 1.86 bits per heavy atom. The molecule has 0 aliphatic carbocycles.